The van der Waals surface area contributed by atoms with Crippen LogP contribution in [0.15, 0.2) is 12.1 Å². The van der Waals surface area contributed by atoms with Gasteiger partial charge in [0.2, 0.25) is 0 Å². The lowest BCUT2D eigenvalue weighted by atomic mass is 10.1. The smallest absolute Gasteiger partial charge is 0.142 e. The molecular weight excluding hydrogens is 298 g/mol. The van der Waals surface area contributed by atoms with E-state index < -0.39 is 5.82 Å². The van der Waals surface area contributed by atoms with E-state index in [1.54, 1.807) is 0 Å². The lowest BCUT2D eigenvalue weighted by molar-refractivity contribution is 0.273. The highest BCUT2D eigenvalue weighted by atomic mass is 35.5. The van der Waals surface area contributed by atoms with Crippen LogP contribution >= 0.6 is 23.2 Å². The quantitative estimate of drug-likeness (QED) is 0.755. The van der Waals surface area contributed by atoms with Crippen LogP contribution in [-0.2, 0) is 0 Å². The Balaban J connectivity index is 1.88. The maximum Gasteiger partial charge on any atom is 0.142 e. The molecule has 5 heteroatoms. The standard InChI is InChI=1S/C15H21Cl2FN2/c1-3-20(11-4-5-11)7-6-19-10(2)12-8-15(18)14(17)9-13(12)16/h8-11,19H,3-7H2,1-2H3. The zero-order chi connectivity index (χ0) is 14.7. The molecule has 0 spiro atoms. The van der Waals surface area contributed by atoms with Crippen LogP contribution in [0, 0.1) is 5.82 Å². The third-order valence-electron chi connectivity index (χ3n) is 3.83. The van der Waals surface area contributed by atoms with Crippen molar-refractivity contribution in [1.82, 2.24) is 10.2 Å². The van der Waals surface area contributed by atoms with Gasteiger partial charge in [0, 0.05) is 30.2 Å². The molecule has 2 nitrogen and oxygen atoms in total. The fourth-order valence-corrected chi connectivity index (χ4v) is 2.99. The first-order chi connectivity index (χ1) is 9.52. The van der Waals surface area contributed by atoms with Crippen molar-refractivity contribution in [3.05, 3.63) is 33.6 Å². The van der Waals surface area contributed by atoms with Crippen molar-refractivity contribution >= 4 is 23.2 Å². The van der Waals surface area contributed by atoms with E-state index in [2.05, 4.69) is 17.1 Å². The molecule has 20 heavy (non-hydrogen) atoms. The Bertz CT molecular complexity index is 463. The summed E-state index contributed by atoms with van der Waals surface area (Å²) in [6.07, 6.45) is 2.63. The van der Waals surface area contributed by atoms with E-state index in [9.17, 15) is 4.39 Å². The summed E-state index contributed by atoms with van der Waals surface area (Å²) in [4.78, 5) is 2.48. The van der Waals surface area contributed by atoms with Gasteiger partial charge in [0.15, 0.2) is 0 Å². The second-order valence-electron chi connectivity index (χ2n) is 5.32. The Morgan fingerprint density at radius 3 is 2.65 bits per heavy atom. The van der Waals surface area contributed by atoms with Crippen molar-refractivity contribution in [2.24, 2.45) is 0 Å². The Kier molecular flexibility index (Phi) is 5.67. The van der Waals surface area contributed by atoms with Crippen LogP contribution < -0.4 is 5.32 Å². The van der Waals surface area contributed by atoms with Crippen molar-refractivity contribution in [3.8, 4) is 0 Å². The fourth-order valence-electron chi connectivity index (χ4n) is 2.44. The highest BCUT2D eigenvalue weighted by Gasteiger charge is 2.27. The van der Waals surface area contributed by atoms with Crippen molar-refractivity contribution in [3.63, 3.8) is 0 Å². The molecule has 2 rings (SSSR count). The second kappa shape index (κ2) is 7.08. The minimum atomic E-state index is -0.423. The zero-order valence-electron chi connectivity index (χ0n) is 11.9. The van der Waals surface area contributed by atoms with E-state index in [-0.39, 0.29) is 11.1 Å². The molecule has 1 N–H and O–H groups in total. The number of nitrogens with one attached hydrogen (secondary N) is 1. The Labute approximate surface area is 130 Å². The third kappa shape index (κ3) is 4.08. The lowest BCUT2D eigenvalue weighted by Gasteiger charge is -2.22. The number of nitrogens with zero attached hydrogens (tertiary/aromatic N) is 1. The molecule has 0 aromatic heterocycles. The van der Waals surface area contributed by atoms with E-state index in [0.717, 1.165) is 31.2 Å². The highest BCUT2D eigenvalue weighted by Crippen LogP contribution is 2.29. The number of rotatable bonds is 7. The predicted molar refractivity (Wildman–Crippen MR) is 83.1 cm³/mol. The molecule has 0 saturated heterocycles. The van der Waals surface area contributed by atoms with Crippen LogP contribution in [-0.4, -0.2) is 30.6 Å². The average molecular weight is 319 g/mol. The van der Waals surface area contributed by atoms with E-state index in [1.165, 1.54) is 25.0 Å². The molecule has 1 unspecified atom stereocenters. The molecule has 1 aromatic rings. The number of likely N-dealkylation sites (N-methyl/N-ethyl adjacent to an activating group) is 1. The van der Waals surface area contributed by atoms with Crippen LogP contribution in [0.5, 0.6) is 0 Å². The summed E-state index contributed by atoms with van der Waals surface area (Å²) in [6, 6.07) is 3.66. The molecule has 1 fully saturated rings. The van der Waals surface area contributed by atoms with Crippen LogP contribution in [0.25, 0.3) is 0 Å². The molecule has 0 heterocycles. The Hall–Kier alpha value is -0.350. The molecule has 1 aliphatic carbocycles. The van der Waals surface area contributed by atoms with E-state index in [1.807, 2.05) is 6.92 Å². The first-order valence-electron chi connectivity index (χ1n) is 7.14. The molecule has 0 radical (unpaired) electrons. The van der Waals surface area contributed by atoms with E-state index >= 15 is 0 Å². The molecular formula is C15H21Cl2FN2. The van der Waals surface area contributed by atoms with Gasteiger partial charge in [-0.1, -0.05) is 30.1 Å². The summed E-state index contributed by atoms with van der Waals surface area (Å²) in [5, 5.41) is 3.97. The molecule has 0 amide bonds. The van der Waals surface area contributed by atoms with Gasteiger partial charge in [-0.2, -0.15) is 0 Å². The largest absolute Gasteiger partial charge is 0.309 e. The number of hydrogen-bond donors (Lipinski definition) is 1. The third-order valence-corrected chi connectivity index (χ3v) is 4.44. The summed E-state index contributed by atoms with van der Waals surface area (Å²) < 4.78 is 13.5. The van der Waals surface area contributed by atoms with Crippen molar-refractivity contribution in [1.29, 1.82) is 0 Å². The summed E-state index contributed by atoms with van der Waals surface area (Å²) in [6.45, 7) is 7.14. The van der Waals surface area contributed by atoms with Gasteiger partial charge in [-0.25, -0.2) is 4.39 Å². The molecule has 1 aliphatic rings. The van der Waals surface area contributed by atoms with Crippen LogP contribution in [0.1, 0.15) is 38.3 Å². The topological polar surface area (TPSA) is 15.3 Å². The summed E-state index contributed by atoms with van der Waals surface area (Å²) >= 11 is 11.8. The first-order valence-corrected chi connectivity index (χ1v) is 7.90. The van der Waals surface area contributed by atoms with Gasteiger partial charge < -0.3 is 5.32 Å². The Morgan fingerprint density at radius 1 is 1.35 bits per heavy atom. The minimum absolute atomic E-state index is 0.00664. The van der Waals surface area contributed by atoms with E-state index in [4.69, 9.17) is 23.2 Å². The number of halogens is 3. The van der Waals surface area contributed by atoms with Gasteiger partial charge in [0.25, 0.3) is 0 Å². The van der Waals surface area contributed by atoms with Crippen LogP contribution in [0.2, 0.25) is 10.0 Å². The van der Waals surface area contributed by atoms with Gasteiger partial charge in [0.05, 0.1) is 5.02 Å². The maximum atomic E-state index is 13.5. The van der Waals surface area contributed by atoms with Gasteiger partial charge in [-0.05, 0) is 44.0 Å². The molecule has 1 aromatic carbocycles. The number of benzene rings is 1. The minimum Gasteiger partial charge on any atom is -0.309 e. The maximum absolute atomic E-state index is 13.5. The molecule has 1 saturated carbocycles. The molecule has 1 atom stereocenters. The summed E-state index contributed by atoms with van der Waals surface area (Å²) in [5.41, 5.74) is 0.753. The van der Waals surface area contributed by atoms with Gasteiger partial charge in [-0.15, -0.1) is 0 Å². The van der Waals surface area contributed by atoms with Gasteiger partial charge in [0.1, 0.15) is 5.82 Å². The summed E-state index contributed by atoms with van der Waals surface area (Å²) in [5.74, 6) is -0.423. The average Bonchev–Trinajstić information content (AvgIpc) is 3.23. The monoisotopic (exact) mass is 318 g/mol. The van der Waals surface area contributed by atoms with E-state index in [0.29, 0.717) is 5.02 Å². The highest BCUT2D eigenvalue weighted by molar-refractivity contribution is 6.35. The first kappa shape index (κ1) is 16.0. The van der Waals surface area contributed by atoms with Crippen molar-refractivity contribution in [2.45, 2.75) is 38.8 Å². The fraction of sp³-hybridized carbons (Fsp3) is 0.600. The van der Waals surface area contributed by atoms with Crippen LogP contribution in [0.3, 0.4) is 0 Å². The van der Waals surface area contributed by atoms with Crippen LogP contribution in [0.4, 0.5) is 4.39 Å². The zero-order valence-corrected chi connectivity index (χ0v) is 13.4. The van der Waals surface area contributed by atoms with Gasteiger partial charge in [-0.3, -0.25) is 4.90 Å². The normalized spacial score (nSPS) is 16.7. The number of hydrogen-bond acceptors (Lipinski definition) is 2. The lowest BCUT2D eigenvalue weighted by Crippen LogP contribution is -2.34. The molecule has 112 valence electrons. The van der Waals surface area contributed by atoms with Crippen molar-refractivity contribution < 1.29 is 4.39 Å². The summed E-state index contributed by atoms with van der Waals surface area (Å²) in [7, 11) is 0. The molecule has 0 bridgehead atoms. The molecule has 0 aliphatic heterocycles. The SMILES string of the molecule is CCN(CCNC(C)c1cc(F)c(Cl)cc1Cl)C1CC1. The second-order valence-corrected chi connectivity index (χ2v) is 6.14. The van der Waals surface area contributed by atoms with Crippen molar-refractivity contribution in [2.75, 3.05) is 19.6 Å². The Morgan fingerprint density at radius 2 is 2.05 bits per heavy atom. The predicted octanol–water partition coefficient (Wildman–Crippen LogP) is 4.27. The van der Waals surface area contributed by atoms with Gasteiger partial charge >= 0.3 is 0 Å².